The van der Waals surface area contributed by atoms with Gasteiger partial charge in [0, 0.05) is 17.2 Å². The van der Waals surface area contributed by atoms with Crippen LogP contribution in [-0.4, -0.2) is 36.3 Å². The molecule has 1 aromatic carbocycles. The molecule has 1 heterocycles. The van der Waals surface area contributed by atoms with Gasteiger partial charge in [-0.3, -0.25) is 4.79 Å². The summed E-state index contributed by atoms with van der Waals surface area (Å²) in [5.74, 6) is -2.26. The maximum absolute atomic E-state index is 12.2. The number of hydrogen-bond donors (Lipinski definition) is 1. The number of aromatic nitrogens is 1. The van der Waals surface area contributed by atoms with Crippen LogP contribution in [0.3, 0.4) is 0 Å². The lowest BCUT2D eigenvalue weighted by Gasteiger charge is -2.24. The van der Waals surface area contributed by atoms with Crippen molar-refractivity contribution in [1.29, 1.82) is 0 Å². The summed E-state index contributed by atoms with van der Waals surface area (Å²) in [6.07, 6.45) is -2.70. The van der Waals surface area contributed by atoms with Crippen molar-refractivity contribution in [3.8, 4) is 5.75 Å². The van der Waals surface area contributed by atoms with Gasteiger partial charge in [-0.1, -0.05) is 41.9 Å². The van der Waals surface area contributed by atoms with Crippen molar-refractivity contribution in [2.24, 2.45) is 5.41 Å². The van der Waals surface area contributed by atoms with Gasteiger partial charge in [0.15, 0.2) is 0 Å². The second kappa shape index (κ2) is 11.3. The molecule has 10 heteroatoms. The number of nitrogens with one attached hydrogen (secondary N) is 1. The van der Waals surface area contributed by atoms with E-state index in [2.05, 4.69) is 31.0 Å². The Kier molecular flexibility index (Phi) is 9.06. The van der Waals surface area contributed by atoms with Crippen LogP contribution in [0.2, 0.25) is 0 Å². The van der Waals surface area contributed by atoms with E-state index in [1.165, 1.54) is 0 Å². The number of nitrogens with zero attached hydrogens (tertiary/aromatic N) is 1. The molecule has 174 valence electrons. The Bertz CT molecular complexity index is 921. The molecular weight excluding hydrogens is 493 g/mol. The van der Waals surface area contributed by atoms with Gasteiger partial charge in [-0.05, 0) is 48.1 Å². The number of esters is 2. The fourth-order valence-electron chi connectivity index (χ4n) is 2.87. The first-order chi connectivity index (χ1) is 15.0. The summed E-state index contributed by atoms with van der Waals surface area (Å²) >= 11 is 3.47. The standard InChI is InChI=1S/C22H24BrF3N2O4/c1-21(2,14-19(29)32-20(30)22(24,25)26)13-15-7-8-16(12-17(15)23)31-11-5-10-28-18-6-3-4-9-27-18/h3-4,6-9,12H,5,10-11,13-14H2,1-2H3,(H,27,28). The molecular formula is C22H24BrF3N2O4. The molecule has 0 radical (unpaired) electrons. The highest BCUT2D eigenvalue weighted by molar-refractivity contribution is 9.10. The number of carbonyl (C=O) groups is 2. The number of halogens is 4. The molecule has 6 nitrogen and oxygen atoms in total. The smallest absolute Gasteiger partial charge is 0.491 e. The normalized spacial score (nSPS) is 11.7. The zero-order valence-electron chi connectivity index (χ0n) is 17.7. The molecule has 0 aliphatic rings. The number of carbonyl (C=O) groups excluding carboxylic acids is 2. The lowest BCUT2D eigenvalue weighted by atomic mass is 9.83. The van der Waals surface area contributed by atoms with Gasteiger partial charge < -0.3 is 14.8 Å². The van der Waals surface area contributed by atoms with Gasteiger partial charge in [0.2, 0.25) is 0 Å². The van der Waals surface area contributed by atoms with E-state index in [0.717, 1.165) is 22.3 Å². The van der Waals surface area contributed by atoms with E-state index >= 15 is 0 Å². The first-order valence-electron chi connectivity index (χ1n) is 9.84. The molecule has 0 saturated carbocycles. The van der Waals surface area contributed by atoms with Crippen molar-refractivity contribution in [2.75, 3.05) is 18.5 Å². The minimum Gasteiger partial charge on any atom is -0.493 e. The largest absolute Gasteiger partial charge is 0.493 e. The number of anilines is 1. The van der Waals surface area contributed by atoms with Gasteiger partial charge in [-0.25, -0.2) is 9.78 Å². The minimum atomic E-state index is -5.20. The highest BCUT2D eigenvalue weighted by Gasteiger charge is 2.43. The average molecular weight is 517 g/mol. The molecule has 2 rings (SSSR count). The lowest BCUT2D eigenvalue weighted by Crippen LogP contribution is -2.30. The van der Waals surface area contributed by atoms with Crippen LogP contribution < -0.4 is 10.1 Å². The summed E-state index contributed by atoms with van der Waals surface area (Å²) in [6, 6.07) is 11.0. The number of benzene rings is 1. The summed E-state index contributed by atoms with van der Waals surface area (Å²) in [4.78, 5) is 26.7. The summed E-state index contributed by atoms with van der Waals surface area (Å²) in [5, 5.41) is 3.19. The van der Waals surface area contributed by atoms with Crippen LogP contribution in [0, 0.1) is 5.41 Å². The van der Waals surface area contributed by atoms with Gasteiger partial charge >= 0.3 is 18.1 Å². The van der Waals surface area contributed by atoms with E-state index in [1.54, 1.807) is 32.2 Å². The predicted molar refractivity (Wildman–Crippen MR) is 116 cm³/mol. The number of alkyl halides is 3. The summed E-state index contributed by atoms with van der Waals surface area (Å²) in [6.45, 7) is 4.61. The van der Waals surface area contributed by atoms with E-state index in [9.17, 15) is 22.8 Å². The third-order valence-electron chi connectivity index (χ3n) is 4.32. The zero-order valence-corrected chi connectivity index (χ0v) is 19.3. The second-order valence-corrected chi connectivity index (χ2v) is 8.73. The van der Waals surface area contributed by atoms with Crippen molar-refractivity contribution in [3.05, 3.63) is 52.6 Å². The molecule has 32 heavy (non-hydrogen) atoms. The number of ether oxygens (including phenoxy) is 2. The van der Waals surface area contributed by atoms with Crippen LogP contribution in [0.5, 0.6) is 5.75 Å². The molecule has 0 amide bonds. The van der Waals surface area contributed by atoms with E-state index in [1.807, 2.05) is 24.3 Å². The maximum atomic E-state index is 12.2. The summed E-state index contributed by atoms with van der Waals surface area (Å²) in [7, 11) is 0. The van der Waals surface area contributed by atoms with E-state index < -0.39 is 23.5 Å². The van der Waals surface area contributed by atoms with Gasteiger partial charge in [0.25, 0.3) is 0 Å². The van der Waals surface area contributed by atoms with Crippen LogP contribution in [0.15, 0.2) is 47.1 Å². The molecule has 0 spiro atoms. The first kappa shape index (κ1) is 25.6. The number of pyridine rings is 1. The van der Waals surface area contributed by atoms with Crippen LogP contribution in [0.4, 0.5) is 19.0 Å². The van der Waals surface area contributed by atoms with E-state index in [-0.39, 0.29) is 6.42 Å². The van der Waals surface area contributed by atoms with Crippen molar-refractivity contribution in [1.82, 2.24) is 4.98 Å². The molecule has 2 aromatic rings. The van der Waals surface area contributed by atoms with Crippen LogP contribution in [0.1, 0.15) is 32.3 Å². The topological polar surface area (TPSA) is 77.5 Å². The van der Waals surface area contributed by atoms with Crippen LogP contribution in [-0.2, 0) is 20.7 Å². The van der Waals surface area contributed by atoms with Crippen LogP contribution >= 0.6 is 15.9 Å². The molecule has 0 saturated heterocycles. The van der Waals surface area contributed by atoms with E-state index in [0.29, 0.717) is 25.3 Å². The highest BCUT2D eigenvalue weighted by atomic mass is 79.9. The third-order valence-corrected chi connectivity index (χ3v) is 5.05. The fraction of sp³-hybridized carbons (Fsp3) is 0.409. The zero-order chi connectivity index (χ0) is 23.8. The molecule has 0 bridgehead atoms. The summed E-state index contributed by atoms with van der Waals surface area (Å²) in [5.41, 5.74) is 0.111. The van der Waals surface area contributed by atoms with Gasteiger partial charge in [0.1, 0.15) is 11.6 Å². The van der Waals surface area contributed by atoms with E-state index in [4.69, 9.17) is 4.74 Å². The second-order valence-electron chi connectivity index (χ2n) is 7.87. The highest BCUT2D eigenvalue weighted by Crippen LogP contribution is 2.32. The van der Waals surface area contributed by atoms with Gasteiger partial charge in [0.05, 0.1) is 13.0 Å². The molecule has 0 aliphatic carbocycles. The van der Waals surface area contributed by atoms with Gasteiger partial charge in [-0.2, -0.15) is 13.2 Å². The Balaban J connectivity index is 1.81. The van der Waals surface area contributed by atoms with Crippen molar-refractivity contribution in [3.63, 3.8) is 0 Å². The Morgan fingerprint density at radius 3 is 2.53 bits per heavy atom. The quantitative estimate of drug-likeness (QED) is 0.261. The maximum Gasteiger partial charge on any atom is 0.491 e. The minimum absolute atomic E-state index is 0.344. The molecule has 0 aliphatic heterocycles. The average Bonchev–Trinajstić information content (AvgIpc) is 2.69. The van der Waals surface area contributed by atoms with Crippen molar-refractivity contribution >= 4 is 33.7 Å². The van der Waals surface area contributed by atoms with Crippen LogP contribution in [0.25, 0.3) is 0 Å². The summed E-state index contributed by atoms with van der Waals surface area (Å²) < 4.78 is 47.1. The Hall–Kier alpha value is -2.62. The van der Waals surface area contributed by atoms with Crippen molar-refractivity contribution < 1.29 is 32.2 Å². The SMILES string of the molecule is CC(C)(CC(=O)OC(=O)C(F)(F)F)Cc1ccc(OCCCNc2ccccn2)cc1Br. The molecule has 1 N–H and O–H groups in total. The molecule has 0 unspecified atom stereocenters. The number of hydrogen-bond acceptors (Lipinski definition) is 6. The molecule has 0 fully saturated rings. The molecule has 1 aromatic heterocycles. The van der Waals surface area contributed by atoms with Gasteiger partial charge in [-0.15, -0.1) is 0 Å². The third kappa shape index (κ3) is 8.86. The number of rotatable bonds is 10. The predicted octanol–water partition coefficient (Wildman–Crippen LogP) is 5.32. The molecule has 0 atom stereocenters. The Labute approximate surface area is 192 Å². The fourth-order valence-corrected chi connectivity index (χ4v) is 3.37. The Morgan fingerprint density at radius 1 is 1.16 bits per heavy atom. The first-order valence-corrected chi connectivity index (χ1v) is 10.6. The Morgan fingerprint density at radius 2 is 1.91 bits per heavy atom. The monoisotopic (exact) mass is 516 g/mol. The lowest BCUT2D eigenvalue weighted by molar-refractivity contribution is -0.202. The van der Waals surface area contributed by atoms with Crippen molar-refractivity contribution in [2.45, 2.75) is 39.3 Å².